The highest BCUT2D eigenvalue weighted by atomic mass is 16.5. The molecular weight excluding hydrogens is 1010 g/mol. The van der Waals surface area contributed by atoms with Gasteiger partial charge in [0, 0.05) is 12.8 Å². The molecule has 1 amide bonds. The number of unbranched alkanes of at least 4 members (excludes halogenated alkanes) is 59. The van der Waals surface area contributed by atoms with Crippen molar-refractivity contribution in [3.05, 3.63) is 12.2 Å². The number of carbonyl (C=O) groups is 2. The maximum atomic E-state index is 12.6. The summed E-state index contributed by atoms with van der Waals surface area (Å²) in [5.74, 6) is -0.0132. The van der Waals surface area contributed by atoms with Gasteiger partial charge < -0.3 is 20.3 Å². The van der Waals surface area contributed by atoms with E-state index < -0.39 is 12.1 Å². The molecule has 0 aliphatic rings. The molecule has 0 saturated carbocycles. The molecule has 3 N–H and O–H groups in total. The van der Waals surface area contributed by atoms with E-state index in [0.717, 1.165) is 44.9 Å². The first-order valence-electron chi connectivity index (χ1n) is 37.9. The summed E-state index contributed by atoms with van der Waals surface area (Å²) in [5.41, 5.74) is 0. The van der Waals surface area contributed by atoms with Gasteiger partial charge in [-0.25, -0.2) is 0 Å². The van der Waals surface area contributed by atoms with Gasteiger partial charge in [-0.3, -0.25) is 9.59 Å². The smallest absolute Gasteiger partial charge is 0.305 e. The van der Waals surface area contributed by atoms with Gasteiger partial charge in [0.05, 0.1) is 25.4 Å². The van der Waals surface area contributed by atoms with Crippen molar-refractivity contribution in [2.24, 2.45) is 0 Å². The van der Waals surface area contributed by atoms with Crippen LogP contribution in [-0.4, -0.2) is 47.4 Å². The maximum Gasteiger partial charge on any atom is 0.305 e. The number of hydrogen-bond acceptors (Lipinski definition) is 5. The van der Waals surface area contributed by atoms with E-state index in [1.807, 2.05) is 0 Å². The average molecular weight is 1160 g/mol. The lowest BCUT2D eigenvalue weighted by Crippen LogP contribution is -2.45. The van der Waals surface area contributed by atoms with Crippen LogP contribution in [0.1, 0.15) is 438 Å². The fourth-order valence-corrected chi connectivity index (χ4v) is 12.3. The Morgan fingerprint density at radius 3 is 0.902 bits per heavy atom. The van der Waals surface area contributed by atoms with E-state index in [4.69, 9.17) is 4.74 Å². The van der Waals surface area contributed by atoms with Gasteiger partial charge >= 0.3 is 5.97 Å². The van der Waals surface area contributed by atoms with Gasteiger partial charge in [0.2, 0.25) is 5.91 Å². The molecule has 0 radical (unpaired) electrons. The van der Waals surface area contributed by atoms with Crippen molar-refractivity contribution in [1.29, 1.82) is 0 Å². The Hall–Kier alpha value is -1.40. The monoisotopic (exact) mass is 1160 g/mol. The van der Waals surface area contributed by atoms with Crippen LogP contribution in [-0.2, 0) is 14.3 Å². The zero-order valence-electron chi connectivity index (χ0n) is 56.0. The lowest BCUT2D eigenvalue weighted by Gasteiger charge is -2.22. The number of nitrogens with one attached hydrogen (secondary N) is 1. The highest BCUT2D eigenvalue weighted by Gasteiger charge is 2.20. The molecule has 0 aliphatic heterocycles. The number of aliphatic hydroxyl groups is 2. The van der Waals surface area contributed by atoms with Crippen LogP contribution in [0.15, 0.2) is 12.2 Å². The molecule has 0 aromatic rings. The number of rotatable bonds is 72. The van der Waals surface area contributed by atoms with Gasteiger partial charge in [0.15, 0.2) is 0 Å². The number of hydrogen-bond donors (Lipinski definition) is 3. The second kappa shape index (κ2) is 72.1. The summed E-state index contributed by atoms with van der Waals surface area (Å²) in [4.78, 5) is 24.6. The standard InChI is InChI=1S/C76H149NO5/c1-3-5-7-9-11-13-15-16-17-18-19-33-36-39-42-45-49-52-56-60-64-68-74(79)73(72-78)77-75(80)69-65-61-57-53-50-46-43-40-37-34-31-29-27-25-23-21-20-22-24-26-28-30-32-35-38-41-44-47-51-55-59-63-67-71-82-76(81)70-66-62-58-54-48-14-12-10-8-6-4-2/h10,12,73-74,78-79H,3-9,11,13-72H2,1-2H3,(H,77,80)/b12-10-. The number of allylic oxidation sites excluding steroid dienone is 2. The fraction of sp³-hybridized carbons (Fsp3) is 0.947. The van der Waals surface area contributed by atoms with Crippen LogP contribution in [0.25, 0.3) is 0 Å². The van der Waals surface area contributed by atoms with E-state index in [1.165, 1.54) is 360 Å². The van der Waals surface area contributed by atoms with Crippen LogP contribution in [0, 0.1) is 0 Å². The van der Waals surface area contributed by atoms with Crippen molar-refractivity contribution >= 4 is 11.9 Å². The van der Waals surface area contributed by atoms with E-state index >= 15 is 0 Å². The van der Waals surface area contributed by atoms with Crippen LogP contribution in [0.4, 0.5) is 0 Å². The largest absolute Gasteiger partial charge is 0.466 e. The van der Waals surface area contributed by atoms with Crippen molar-refractivity contribution in [2.45, 2.75) is 450 Å². The zero-order valence-corrected chi connectivity index (χ0v) is 56.0. The first kappa shape index (κ1) is 80.6. The van der Waals surface area contributed by atoms with Crippen molar-refractivity contribution in [1.82, 2.24) is 5.32 Å². The summed E-state index contributed by atoms with van der Waals surface area (Å²) in [5, 5.41) is 23.4. The maximum absolute atomic E-state index is 12.6. The number of ether oxygens (including phenoxy) is 1. The minimum absolute atomic E-state index is 0.0115. The quantitative estimate of drug-likeness (QED) is 0.0320. The average Bonchev–Trinajstić information content (AvgIpc) is 3.48. The third-order valence-electron chi connectivity index (χ3n) is 18.1. The Bertz CT molecular complexity index is 1240. The third kappa shape index (κ3) is 67.7. The normalized spacial score (nSPS) is 12.5. The van der Waals surface area contributed by atoms with Crippen LogP contribution in [0.5, 0.6) is 0 Å². The van der Waals surface area contributed by atoms with E-state index in [0.29, 0.717) is 25.9 Å². The second-order valence-electron chi connectivity index (χ2n) is 26.3. The molecule has 2 atom stereocenters. The Balaban J connectivity index is 3.32. The first-order chi connectivity index (χ1) is 40.5. The topological polar surface area (TPSA) is 95.9 Å². The van der Waals surface area contributed by atoms with Crippen LogP contribution in [0.3, 0.4) is 0 Å². The van der Waals surface area contributed by atoms with Gasteiger partial charge in [-0.15, -0.1) is 0 Å². The molecule has 0 aromatic carbocycles. The summed E-state index contributed by atoms with van der Waals surface area (Å²) >= 11 is 0. The summed E-state index contributed by atoms with van der Waals surface area (Å²) < 4.78 is 5.47. The number of aliphatic hydroxyl groups excluding tert-OH is 2. The molecular formula is C76H149NO5. The van der Waals surface area contributed by atoms with E-state index in [1.54, 1.807) is 0 Å². The molecule has 0 fully saturated rings. The van der Waals surface area contributed by atoms with Crippen LogP contribution >= 0.6 is 0 Å². The van der Waals surface area contributed by atoms with Gasteiger partial charge in [-0.05, 0) is 44.9 Å². The SMILES string of the molecule is CCCC/C=C\CCCCCCCC(=O)OCCCCCCCCCCCCCCCCCCCCCCCCCCCCCCCCCCCC(=O)NC(CO)C(O)CCCCCCCCCCCCCCCCCCCCCCC. The number of esters is 1. The highest BCUT2D eigenvalue weighted by Crippen LogP contribution is 2.20. The summed E-state index contributed by atoms with van der Waals surface area (Å²) in [6.45, 7) is 4.97. The lowest BCUT2D eigenvalue weighted by molar-refractivity contribution is -0.143. The number of amides is 1. The molecule has 488 valence electrons. The molecule has 2 unspecified atom stereocenters. The van der Waals surface area contributed by atoms with Gasteiger partial charge in [0.25, 0.3) is 0 Å². The second-order valence-corrected chi connectivity index (χ2v) is 26.3. The third-order valence-corrected chi connectivity index (χ3v) is 18.1. The summed E-state index contributed by atoms with van der Waals surface area (Å²) in [7, 11) is 0. The summed E-state index contributed by atoms with van der Waals surface area (Å²) in [6, 6.07) is -0.538. The molecule has 0 saturated heterocycles. The Morgan fingerprint density at radius 2 is 0.585 bits per heavy atom. The molecule has 0 bridgehead atoms. The highest BCUT2D eigenvalue weighted by molar-refractivity contribution is 5.76. The minimum Gasteiger partial charge on any atom is -0.466 e. The Morgan fingerprint density at radius 1 is 0.329 bits per heavy atom. The predicted octanol–water partition coefficient (Wildman–Crippen LogP) is 24.7. The van der Waals surface area contributed by atoms with E-state index in [-0.39, 0.29) is 18.5 Å². The minimum atomic E-state index is -0.661. The number of carbonyl (C=O) groups excluding carboxylic acids is 2. The van der Waals surface area contributed by atoms with Crippen molar-refractivity contribution in [3.8, 4) is 0 Å². The Kier molecular flexibility index (Phi) is 70.8. The van der Waals surface area contributed by atoms with E-state index in [9.17, 15) is 19.8 Å². The molecule has 82 heavy (non-hydrogen) atoms. The zero-order chi connectivity index (χ0) is 59.2. The first-order valence-corrected chi connectivity index (χ1v) is 37.9. The molecule has 0 rings (SSSR count). The fourth-order valence-electron chi connectivity index (χ4n) is 12.3. The van der Waals surface area contributed by atoms with Crippen LogP contribution < -0.4 is 5.32 Å². The Labute approximate surface area is 514 Å². The van der Waals surface area contributed by atoms with Gasteiger partial charge in [-0.1, -0.05) is 392 Å². The van der Waals surface area contributed by atoms with Crippen molar-refractivity contribution in [3.63, 3.8) is 0 Å². The van der Waals surface area contributed by atoms with Gasteiger partial charge in [0.1, 0.15) is 0 Å². The molecule has 0 heterocycles. The van der Waals surface area contributed by atoms with Crippen LogP contribution in [0.2, 0.25) is 0 Å². The van der Waals surface area contributed by atoms with Crippen molar-refractivity contribution in [2.75, 3.05) is 13.2 Å². The molecule has 6 nitrogen and oxygen atoms in total. The summed E-state index contributed by atoms with van der Waals surface area (Å²) in [6.07, 6.45) is 90.1. The molecule has 0 spiro atoms. The molecule has 0 aromatic heterocycles. The predicted molar refractivity (Wildman–Crippen MR) is 361 cm³/mol. The van der Waals surface area contributed by atoms with Crippen molar-refractivity contribution < 1.29 is 24.5 Å². The van der Waals surface area contributed by atoms with Gasteiger partial charge in [-0.2, -0.15) is 0 Å². The molecule has 0 aliphatic carbocycles. The molecule has 6 heteroatoms. The van der Waals surface area contributed by atoms with E-state index in [2.05, 4.69) is 31.3 Å². The lowest BCUT2D eigenvalue weighted by atomic mass is 10.0.